The van der Waals surface area contributed by atoms with Gasteiger partial charge in [-0.3, -0.25) is 14.7 Å². The summed E-state index contributed by atoms with van der Waals surface area (Å²) in [7, 11) is 1.49. The van der Waals surface area contributed by atoms with E-state index < -0.39 is 0 Å². The molecule has 1 aliphatic heterocycles. The van der Waals surface area contributed by atoms with Crippen LogP contribution in [0.25, 0.3) is 0 Å². The molecule has 7 nitrogen and oxygen atoms in total. The predicted octanol–water partition coefficient (Wildman–Crippen LogP) is 0.557. The third-order valence-electron chi connectivity index (χ3n) is 3.69. The first-order valence-corrected chi connectivity index (χ1v) is 7.28. The van der Waals surface area contributed by atoms with Crippen molar-refractivity contribution >= 4 is 11.8 Å². The fourth-order valence-corrected chi connectivity index (χ4v) is 2.66. The lowest BCUT2D eigenvalue weighted by Gasteiger charge is -2.35. The minimum atomic E-state index is -0.125. The van der Waals surface area contributed by atoms with Crippen LogP contribution in [0.3, 0.4) is 0 Å². The van der Waals surface area contributed by atoms with Gasteiger partial charge in [-0.2, -0.15) is 5.10 Å². The van der Waals surface area contributed by atoms with Gasteiger partial charge in [0.15, 0.2) is 0 Å². The predicted molar refractivity (Wildman–Crippen MR) is 76.8 cm³/mol. The third kappa shape index (κ3) is 4.29. The Morgan fingerprint density at radius 2 is 2.38 bits per heavy atom. The number of piperidine rings is 1. The van der Waals surface area contributed by atoms with Crippen LogP contribution in [0.5, 0.6) is 0 Å². The number of nitrogens with zero attached hydrogens (tertiary/aromatic N) is 2. The minimum absolute atomic E-state index is 0.0135. The topological polar surface area (TPSA) is 87.3 Å². The summed E-state index contributed by atoms with van der Waals surface area (Å²) in [4.78, 5) is 25.7. The highest BCUT2D eigenvalue weighted by atomic mass is 16.5. The average molecular weight is 294 g/mol. The molecule has 0 aliphatic carbocycles. The van der Waals surface area contributed by atoms with Crippen molar-refractivity contribution in [2.75, 3.05) is 26.8 Å². The highest BCUT2D eigenvalue weighted by molar-refractivity contribution is 5.92. The third-order valence-corrected chi connectivity index (χ3v) is 3.69. The van der Waals surface area contributed by atoms with Crippen LogP contribution in [0.2, 0.25) is 0 Å². The molecule has 1 fully saturated rings. The number of hydrogen-bond acceptors (Lipinski definition) is 4. The molecule has 116 valence electrons. The van der Waals surface area contributed by atoms with E-state index in [1.165, 1.54) is 7.11 Å². The van der Waals surface area contributed by atoms with Gasteiger partial charge in [-0.25, -0.2) is 0 Å². The summed E-state index contributed by atoms with van der Waals surface area (Å²) < 4.78 is 4.77. The quantitative estimate of drug-likeness (QED) is 0.802. The summed E-state index contributed by atoms with van der Waals surface area (Å²) in [6.45, 7) is 1.38. The van der Waals surface area contributed by atoms with Crippen molar-refractivity contribution in [1.29, 1.82) is 0 Å². The second-order valence-electron chi connectivity index (χ2n) is 5.19. The molecule has 1 aromatic rings. The van der Waals surface area contributed by atoms with E-state index in [9.17, 15) is 9.59 Å². The van der Waals surface area contributed by atoms with E-state index in [0.717, 1.165) is 32.2 Å². The van der Waals surface area contributed by atoms with Crippen LogP contribution in [0.1, 0.15) is 36.2 Å². The molecule has 2 rings (SSSR count). The van der Waals surface area contributed by atoms with Crippen LogP contribution in [0.4, 0.5) is 0 Å². The zero-order valence-electron chi connectivity index (χ0n) is 12.3. The van der Waals surface area contributed by atoms with Gasteiger partial charge in [0.1, 0.15) is 12.3 Å². The largest absolute Gasteiger partial charge is 0.375 e. The Hall–Kier alpha value is -1.89. The summed E-state index contributed by atoms with van der Waals surface area (Å²) in [5, 5.41) is 9.35. The molecule has 1 saturated heterocycles. The van der Waals surface area contributed by atoms with Gasteiger partial charge >= 0.3 is 0 Å². The van der Waals surface area contributed by atoms with Crippen molar-refractivity contribution in [3.8, 4) is 0 Å². The Labute approximate surface area is 124 Å². The van der Waals surface area contributed by atoms with Gasteiger partial charge in [0.25, 0.3) is 5.91 Å². The van der Waals surface area contributed by atoms with E-state index in [4.69, 9.17) is 4.74 Å². The number of carbonyl (C=O) groups excluding carboxylic acids is 2. The average Bonchev–Trinajstić information content (AvgIpc) is 3.01. The van der Waals surface area contributed by atoms with Crippen LogP contribution in [0.15, 0.2) is 12.3 Å². The molecule has 0 radical (unpaired) electrons. The zero-order chi connectivity index (χ0) is 15.1. The van der Waals surface area contributed by atoms with Crippen molar-refractivity contribution in [3.63, 3.8) is 0 Å². The molecule has 0 unspecified atom stereocenters. The first kappa shape index (κ1) is 15.5. The normalized spacial score (nSPS) is 18.5. The van der Waals surface area contributed by atoms with Crippen molar-refractivity contribution in [1.82, 2.24) is 20.4 Å². The summed E-state index contributed by atoms with van der Waals surface area (Å²) >= 11 is 0. The fourth-order valence-electron chi connectivity index (χ4n) is 2.66. The molecule has 0 spiro atoms. The number of aromatic nitrogens is 2. The maximum absolute atomic E-state index is 12.4. The van der Waals surface area contributed by atoms with Crippen molar-refractivity contribution in [2.45, 2.75) is 31.7 Å². The van der Waals surface area contributed by atoms with Gasteiger partial charge in [0.05, 0.1) is 0 Å². The van der Waals surface area contributed by atoms with Gasteiger partial charge in [-0.1, -0.05) is 0 Å². The number of amides is 2. The van der Waals surface area contributed by atoms with Crippen molar-refractivity contribution in [3.05, 3.63) is 18.0 Å². The minimum Gasteiger partial charge on any atom is -0.375 e. The Morgan fingerprint density at radius 3 is 3.10 bits per heavy atom. The molecule has 2 amide bonds. The number of carbonyl (C=O) groups is 2. The lowest BCUT2D eigenvalue weighted by molar-refractivity contribution is -0.124. The monoisotopic (exact) mass is 294 g/mol. The van der Waals surface area contributed by atoms with Gasteiger partial charge in [0, 0.05) is 32.4 Å². The number of likely N-dealkylation sites (tertiary alicyclic amines) is 1. The zero-order valence-corrected chi connectivity index (χ0v) is 12.3. The molecule has 1 atom stereocenters. The number of H-pyrrole nitrogens is 1. The summed E-state index contributed by atoms with van der Waals surface area (Å²) in [6.07, 6.45) is 5.45. The van der Waals surface area contributed by atoms with Crippen molar-refractivity contribution < 1.29 is 14.3 Å². The van der Waals surface area contributed by atoms with E-state index in [1.807, 2.05) is 4.90 Å². The maximum Gasteiger partial charge on any atom is 0.272 e. The van der Waals surface area contributed by atoms with E-state index in [-0.39, 0.29) is 24.5 Å². The SMILES string of the molecule is COCC(=O)NCC[C@@H]1CCCCN1C(=O)c1ccn[nH]1. The highest BCUT2D eigenvalue weighted by Crippen LogP contribution is 2.21. The van der Waals surface area contributed by atoms with E-state index in [1.54, 1.807) is 12.3 Å². The van der Waals surface area contributed by atoms with Crippen molar-refractivity contribution in [2.24, 2.45) is 0 Å². The number of nitrogens with one attached hydrogen (secondary N) is 2. The van der Waals surface area contributed by atoms with Crippen LogP contribution < -0.4 is 5.32 Å². The molecular formula is C14H22N4O3. The van der Waals surface area contributed by atoms with Gasteiger partial charge in [-0.05, 0) is 31.7 Å². The van der Waals surface area contributed by atoms with Crippen LogP contribution >= 0.6 is 0 Å². The van der Waals surface area contributed by atoms with Gasteiger partial charge in [-0.15, -0.1) is 0 Å². The van der Waals surface area contributed by atoms with E-state index in [0.29, 0.717) is 12.2 Å². The molecule has 0 saturated carbocycles. The molecule has 1 aromatic heterocycles. The second-order valence-corrected chi connectivity index (χ2v) is 5.19. The highest BCUT2D eigenvalue weighted by Gasteiger charge is 2.27. The second kappa shape index (κ2) is 7.78. The Kier molecular flexibility index (Phi) is 5.74. The van der Waals surface area contributed by atoms with Gasteiger partial charge in [0.2, 0.25) is 5.91 Å². The summed E-state index contributed by atoms with van der Waals surface area (Å²) in [6, 6.07) is 1.85. The van der Waals surface area contributed by atoms with E-state index in [2.05, 4.69) is 15.5 Å². The maximum atomic E-state index is 12.4. The Bertz CT molecular complexity index is 461. The van der Waals surface area contributed by atoms with E-state index >= 15 is 0 Å². The lowest BCUT2D eigenvalue weighted by Crippen LogP contribution is -2.45. The fraction of sp³-hybridized carbons (Fsp3) is 0.643. The summed E-state index contributed by atoms with van der Waals surface area (Å²) in [5.74, 6) is -0.139. The lowest BCUT2D eigenvalue weighted by atomic mass is 9.99. The van der Waals surface area contributed by atoms with Crippen LogP contribution in [-0.2, 0) is 9.53 Å². The smallest absolute Gasteiger partial charge is 0.272 e. The Morgan fingerprint density at radius 1 is 1.52 bits per heavy atom. The van der Waals surface area contributed by atoms with Crippen LogP contribution in [-0.4, -0.2) is 59.8 Å². The standard InChI is InChI=1S/C14H22N4O3/c1-21-10-13(19)15-7-5-11-4-2-3-9-18(11)14(20)12-6-8-16-17-12/h6,8,11H,2-5,7,9-10H2,1H3,(H,15,19)(H,16,17)/t11-/m0/s1. The molecule has 7 heteroatoms. The molecule has 2 heterocycles. The summed E-state index contributed by atoms with van der Waals surface area (Å²) in [5.41, 5.74) is 0.519. The molecule has 0 aromatic carbocycles. The first-order valence-electron chi connectivity index (χ1n) is 7.28. The molecule has 21 heavy (non-hydrogen) atoms. The first-order chi connectivity index (χ1) is 10.2. The molecule has 2 N–H and O–H groups in total. The Balaban J connectivity index is 1.87. The molecular weight excluding hydrogens is 272 g/mol. The number of rotatable bonds is 6. The van der Waals surface area contributed by atoms with Gasteiger partial charge < -0.3 is 15.0 Å². The number of ether oxygens (including phenoxy) is 1. The number of aromatic amines is 1. The van der Waals surface area contributed by atoms with Crippen LogP contribution in [0, 0.1) is 0 Å². The molecule has 1 aliphatic rings. The number of methoxy groups -OCH3 is 1. The number of hydrogen-bond donors (Lipinski definition) is 2. The molecule has 0 bridgehead atoms.